The molecule has 4 aromatic rings. The van der Waals surface area contributed by atoms with Gasteiger partial charge in [0, 0.05) is 29.5 Å². The van der Waals surface area contributed by atoms with E-state index < -0.39 is 0 Å². The van der Waals surface area contributed by atoms with Crippen LogP contribution in [0.25, 0.3) is 10.9 Å². The van der Waals surface area contributed by atoms with Crippen LogP contribution in [0.3, 0.4) is 0 Å². The SMILES string of the molecule is Cn1cc(C(=O)OCc2csc(COc3ccc(F)cc3)n2)c2ccccc21. The highest BCUT2D eigenvalue weighted by Crippen LogP contribution is 2.22. The smallest absolute Gasteiger partial charge is 0.340 e. The number of halogens is 1. The highest BCUT2D eigenvalue weighted by atomic mass is 32.1. The lowest BCUT2D eigenvalue weighted by molar-refractivity contribution is 0.0470. The van der Waals surface area contributed by atoms with Gasteiger partial charge in [0.25, 0.3) is 0 Å². The number of aromatic nitrogens is 2. The molecule has 0 unspecified atom stereocenters. The Morgan fingerprint density at radius 1 is 1.14 bits per heavy atom. The van der Waals surface area contributed by atoms with Crippen LogP contribution in [0.2, 0.25) is 0 Å². The van der Waals surface area contributed by atoms with Crippen LogP contribution in [0.4, 0.5) is 4.39 Å². The Morgan fingerprint density at radius 3 is 2.75 bits per heavy atom. The van der Waals surface area contributed by atoms with E-state index in [-0.39, 0.29) is 25.0 Å². The van der Waals surface area contributed by atoms with Gasteiger partial charge < -0.3 is 14.0 Å². The lowest BCUT2D eigenvalue weighted by Gasteiger charge is -2.03. The van der Waals surface area contributed by atoms with Crippen molar-refractivity contribution in [3.05, 3.63) is 82.2 Å². The Morgan fingerprint density at radius 2 is 1.93 bits per heavy atom. The molecule has 2 heterocycles. The van der Waals surface area contributed by atoms with Crippen molar-refractivity contribution >= 4 is 28.2 Å². The second kappa shape index (κ2) is 7.82. The maximum Gasteiger partial charge on any atom is 0.340 e. The Kier molecular flexibility index (Phi) is 5.08. The van der Waals surface area contributed by atoms with Gasteiger partial charge in [0.1, 0.15) is 29.8 Å². The van der Waals surface area contributed by atoms with Crippen LogP contribution in [0.5, 0.6) is 5.75 Å². The maximum absolute atomic E-state index is 12.9. The molecule has 4 rings (SSSR count). The van der Waals surface area contributed by atoms with Gasteiger partial charge in [-0.2, -0.15) is 0 Å². The molecule has 0 amide bonds. The van der Waals surface area contributed by atoms with Gasteiger partial charge in [-0.15, -0.1) is 11.3 Å². The summed E-state index contributed by atoms with van der Waals surface area (Å²) in [5.74, 6) is -0.119. The molecule has 0 aliphatic heterocycles. The van der Waals surface area contributed by atoms with Gasteiger partial charge in [0.15, 0.2) is 0 Å². The highest BCUT2D eigenvalue weighted by molar-refractivity contribution is 7.09. The van der Waals surface area contributed by atoms with Crippen molar-refractivity contribution in [1.29, 1.82) is 0 Å². The summed E-state index contributed by atoms with van der Waals surface area (Å²) in [7, 11) is 1.90. The van der Waals surface area contributed by atoms with E-state index in [0.717, 1.165) is 15.9 Å². The molecular formula is C21H17FN2O3S. The zero-order chi connectivity index (χ0) is 19.5. The Balaban J connectivity index is 1.36. The first-order chi connectivity index (χ1) is 13.6. The lowest BCUT2D eigenvalue weighted by Crippen LogP contribution is -2.05. The Bertz CT molecular complexity index is 1120. The van der Waals surface area contributed by atoms with Gasteiger partial charge in [-0.25, -0.2) is 14.2 Å². The predicted molar refractivity (Wildman–Crippen MR) is 105 cm³/mol. The second-order valence-corrected chi connectivity index (χ2v) is 7.16. The molecule has 0 saturated carbocycles. The summed E-state index contributed by atoms with van der Waals surface area (Å²) >= 11 is 1.42. The minimum atomic E-state index is -0.381. The van der Waals surface area contributed by atoms with Crippen LogP contribution >= 0.6 is 11.3 Å². The molecule has 7 heteroatoms. The minimum absolute atomic E-state index is 0.0924. The summed E-state index contributed by atoms with van der Waals surface area (Å²) in [5, 5.41) is 3.45. The largest absolute Gasteiger partial charge is 0.486 e. The summed E-state index contributed by atoms with van der Waals surface area (Å²) in [6, 6.07) is 13.5. The fourth-order valence-corrected chi connectivity index (χ4v) is 3.57. The number of benzene rings is 2. The first-order valence-corrected chi connectivity index (χ1v) is 9.51. The molecular weight excluding hydrogens is 379 g/mol. The first kappa shape index (κ1) is 18.2. The Hall–Kier alpha value is -3.19. The standard InChI is InChI=1S/C21H17FN2O3S/c1-24-10-18(17-4-2-3-5-19(17)24)21(25)27-11-15-13-28-20(23-15)12-26-16-8-6-14(22)7-9-16/h2-10,13H,11-12H2,1H3. The molecule has 28 heavy (non-hydrogen) atoms. The first-order valence-electron chi connectivity index (χ1n) is 8.63. The summed E-state index contributed by atoms with van der Waals surface area (Å²) in [4.78, 5) is 16.9. The van der Waals surface area contributed by atoms with Crippen LogP contribution in [-0.4, -0.2) is 15.5 Å². The molecule has 0 spiro atoms. The minimum Gasteiger partial charge on any atom is -0.486 e. The number of thiazole rings is 1. The van der Waals surface area contributed by atoms with Gasteiger partial charge in [0.2, 0.25) is 0 Å². The van der Waals surface area contributed by atoms with Crippen LogP contribution in [0.15, 0.2) is 60.1 Å². The number of fused-ring (bicyclic) bond motifs is 1. The number of carbonyl (C=O) groups excluding carboxylic acids is 1. The van der Waals surface area contributed by atoms with E-state index in [1.165, 1.54) is 23.5 Å². The average molecular weight is 396 g/mol. The molecule has 0 aliphatic carbocycles. The van der Waals surface area contributed by atoms with Crippen LogP contribution in [0, 0.1) is 5.82 Å². The van der Waals surface area contributed by atoms with Crippen LogP contribution in [-0.2, 0) is 25.0 Å². The van der Waals surface area contributed by atoms with Crippen molar-refractivity contribution in [2.75, 3.05) is 0 Å². The topological polar surface area (TPSA) is 53.4 Å². The fourth-order valence-electron chi connectivity index (χ4n) is 2.88. The summed E-state index contributed by atoms with van der Waals surface area (Å²) in [5.41, 5.74) is 2.17. The maximum atomic E-state index is 12.9. The van der Waals surface area contributed by atoms with E-state index in [1.807, 2.05) is 41.3 Å². The second-order valence-electron chi connectivity index (χ2n) is 6.22. The zero-order valence-corrected chi connectivity index (χ0v) is 15.9. The third kappa shape index (κ3) is 3.89. The van der Waals surface area contributed by atoms with E-state index in [2.05, 4.69) is 4.98 Å². The van der Waals surface area contributed by atoms with Crippen LogP contribution in [0.1, 0.15) is 21.1 Å². The Labute approximate surface area is 165 Å². The number of ether oxygens (including phenoxy) is 2. The zero-order valence-electron chi connectivity index (χ0n) is 15.1. The number of rotatable bonds is 6. The molecule has 2 aromatic carbocycles. The quantitative estimate of drug-likeness (QED) is 0.443. The fraction of sp³-hybridized carbons (Fsp3) is 0.143. The van der Waals surface area contributed by atoms with Crippen molar-refractivity contribution < 1.29 is 18.7 Å². The monoisotopic (exact) mass is 396 g/mol. The number of hydrogen-bond donors (Lipinski definition) is 0. The molecule has 0 bridgehead atoms. The lowest BCUT2D eigenvalue weighted by atomic mass is 10.2. The predicted octanol–water partition coefficient (Wildman–Crippen LogP) is 4.71. The number of carbonyl (C=O) groups is 1. The molecule has 0 radical (unpaired) electrons. The van der Waals surface area contributed by atoms with Crippen molar-refractivity contribution in [2.45, 2.75) is 13.2 Å². The van der Waals surface area contributed by atoms with Gasteiger partial charge in [-0.3, -0.25) is 0 Å². The molecule has 0 fully saturated rings. The van der Waals surface area contributed by atoms with Gasteiger partial charge >= 0.3 is 5.97 Å². The third-order valence-electron chi connectivity index (χ3n) is 4.24. The van der Waals surface area contributed by atoms with E-state index in [4.69, 9.17) is 9.47 Å². The summed E-state index contributed by atoms with van der Waals surface area (Å²) < 4.78 is 25.8. The van der Waals surface area contributed by atoms with Crippen LogP contribution < -0.4 is 4.74 Å². The number of esters is 1. The number of aryl methyl sites for hydroxylation is 1. The summed E-state index contributed by atoms with van der Waals surface area (Å²) in [6.45, 7) is 0.364. The number of para-hydroxylation sites is 1. The van der Waals surface area contributed by atoms with Crippen molar-refractivity contribution in [2.24, 2.45) is 7.05 Å². The van der Waals surface area contributed by atoms with Crippen molar-refractivity contribution in [3.63, 3.8) is 0 Å². The molecule has 0 aliphatic rings. The highest BCUT2D eigenvalue weighted by Gasteiger charge is 2.15. The van der Waals surface area contributed by atoms with Gasteiger partial charge in [-0.1, -0.05) is 18.2 Å². The van der Waals surface area contributed by atoms with Gasteiger partial charge in [-0.05, 0) is 30.3 Å². The average Bonchev–Trinajstić information content (AvgIpc) is 3.30. The molecule has 5 nitrogen and oxygen atoms in total. The third-order valence-corrected chi connectivity index (χ3v) is 5.11. The molecule has 2 aromatic heterocycles. The number of hydrogen-bond acceptors (Lipinski definition) is 5. The summed E-state index contributed by atoms with van der Waals surface area (Å²) in [6.07, 6.45) is 1.77. The molecule has 0 saturated heterocycles. The van der Waals surface area contributed by atoms with E-state index in [0.29, 0.717) is 17.0 Å². The molecule has 0 N–H and O–H groups in total. The van der Waals surface area contributed by atoms with Crippen molar-refractivity contribution in [3.8, 4) is 5.75 Å². The van der Waals surface area contributed by atoms with Gasteiger partial charge in [0.05, 0.1) is 11.3 Å². The molecule has 142 valence electrons. The number of nitrogens with zero attached hydrogens (tertiary/aromatic N) is 2. The van der Waals surface area contributed by atoms with E-state index >= 15 is 0 Å². The van der Waals surface area contributed by atoms with Crippen molar-refractivity contribution in [1.82, 2.24) is 9.55 Å². The van der Waals surface area contributed by atoms with E-state index in [1.54, 1.807) is 18.3 Å². The van der Waals surface area contributed by atoms with E-state index in [9.17, 15) is 9.18 Å². The molecule has 0 atom stereocenters. The normalized spacial score (nSPS) is 10.9.